The van der Waals surface area contributed by atoms with E-state index in [4.69, 9.17) is 23.2 Å². The van der Waals surface area contributed by atoms with Crippen molar-refractivity contribution in [1.29, 1.82) is 0 Å². The second kappa shape index (κ2) is 3.13. The summed E-state index contributed by atoms with van der Waals surface area (Å²) in [6.07, 6.45) is 1.29. The van der Waals surface area contributed by atoms with Gasteiger partial charge in [-0.25, -0.2) is 0 Å². The smallest absolute Gasteiger partial charge is 0.0595 e. The van der Waals surface area contributed by atoms with Crippen LogP contribution >= 0.6 is 23.2 Å². The minimum absolute atomic E-state index is 0.341. The molecule has 3 heteroatoms. The van der Waals surface area contributed by atoms with Crippen LogP contribution in [0.1, 0.15) is 18.9 Å². The summed E-state index contributed by atoms with van der Waals surface area (Å²) in [6.45, 7) is 3.40. The van der Waals surface area contributed by atoms with E-state index in [1.54, 1.807) is 0 Å². The molecule has 1 heterocycles. The lowest BCUT2D eigenvalue weighted by Crippen LogP contribution is -2.31. The summed E-state index contributed by atoms with van der Waals surface area (Å²) in [5.74, 6) is 0.796. The summed E-state index contributed by atoms with van der Waals surface area (Å²) in [7, 11) is 0. The van der Waals surface area contributed by atoms with Gasteiger partial charge >= 0.3 is 0 Å². The molecule has 1 aliphatic heterocycles. The fraction of sp³-hybridized carbons (Fsp3) is 0.500. The minimum Gasteiger partial charge on any atom is -0.313 e. The van der Waals surface area contributed by atoms with Gasteiger partial charge in [-0.3, -0.25) is 0 Å². The average molecular weight is 242 g/mol. The second-order valence-corrected chi connectivity index (χ2v) is 5.51. The predicted octanol–water partition coefficient (Wildman–Crippen LogP) is 3.24. The van der Waals surface area contributed by atoms with E-state index >= 15 is 0 Å². The van der Waals surface area contributed by atoms with Crippen molar-refractivity contribution in [3.63, 3.8) is 0 Å². The van der Waals surface area contributed by atoms with E-state index in [2.05, 4.69) is 18.3 Å². The first-order valence-electron chi connectivity index (χ1n) is 5.33. The third-order valence-corrected chi connectivity index (χ3v) is 4.79. The summed E-state index contributed by atoms with van der Waals surface area (Å²) >= 11 is 12.0. The van der Waals surface area contributed by atoms with E-state index in [-0.39, 0.29) is 0 Å². The number of piperidine rings is 1. The van der Waals surface area contributed by atoms with Crippen LogP contribution in [0.2, 0.25) is 10.0 Å². The fourth-order valence-electron chi connectivity index (χ4n) is 3.02. The van der Waals surface area contributed by atoms with Crippen molar-refractivity contribution < 1.29 is 0 Å². The van der Waals surface area contributed by atoms with Gasteiger partial charge in [0.1, 0.15) is 0 Å². The molecule has 1 N–H and O–H groups in total. The first-order chi connectivity index (χ1) is 7.14. The average Bonchev–Trinajstić information content (AvgIpc) is 2.87. The van der Waals surface area contributed by atoms with Crippen molar-refractivity contribution in [1.82, 2.24) is 5.32 Å². The van der Waals surface area contributed by atoms with Gasteiger partial charge in [-0.2, -0.15) is 0 Å². The molecule has 0 spiro atoms. The third kappa shape index (κ3) is 1.27. The molecule has 1 unspecified atom stereocenters. The van der Waals surface area contributed by atoms with Gasteiger partial charge in [0.15, 0.2) is 0 Å². The number of nitrogens with one attached hydrogen (secondary N) is 1. The Morgan fingerprint density at radius 1 is 1.33 bits per heavy atom. The molecular weight excluding hydrogens is 229 g/mol. The van der Waals surface area contributed by atoms with Crippen molar-refractivity contribution in [3.05, 3.63) is 33.8 Å². The lowest BCUT2D eigenvalue weighted by atomic mass is 9.89. The summed E-state index contributed by atoms with van der Waals surface area (Å²) in [6, 6.07) is 6.62. The van der Waals surface area contributed by atoms with Crippen LogP contribution in [0.25, 0.3) is 0 Å². The highest BCUT2D eigenvalue weighted by Crippen LogP contribution is 2.59. The number of hydrogen-bond acceptors (Lipinski definition) is 1. The second-order valence-electron chi connectivity index (χ2n) is 4.70. The van der Waals surface area contributed by atoms with Gasteiger partial charge in [-0.15, -0.1) is 0 Å². The SMILES string of the molecule is C[C@@H]1NCC2C[C@]21c1ccc(Cl)c(Cl)c1. The Labute approximate surface area is 99.8 Å². The summed E-state index contributed by atoms with van der Waals surface area (Å²) < 4.78 is 0. The Bertz CT molecular complexity index is 418. The van der Waals surface area contributed by atoms with Crippen LogP contribution in [0.5, 0.6) is 0 Å². The molecule has 0 bridgehead atoms. The highest BCUT2D eigenvalue weighted by Gasteiger charge is 2.62. The normalized spacial score (nSPS) is 37.8. The molecule has 0 aromatic heterocycles. The topological polar surface area (TPSA) is 12.0 Å². The predicted molar refractivity (Wildman–Crippen MR) is 63.7 cm³/mol. The van der Waals surface area contributed by atoms with E-state index in [0.717, 1.165) is 12.5 Å². The zero-order valence-corrected chi connectivity index (χ0v) is 10.1. The Morgan fingerprint density at radius 3 is 2.67 bits per heavy atom. The summed E-state index contributed by atoms with van der Waals surface area (Å²) in [4.78, 5) is 0. The van der Waals surface area contributed by atoms with Gasteiger partial charge in [0.05, 0.1) is 10.0 Å². The van der Waals surface area contributed by atoms with Crippen LogP contribution in [0, 0.1) is 5.92 Å². The van der Waals surface area contributed by atoms with Crippen LogP contribution < -0.4 is 5.32 Å². The Balaban J connectivity index is 2.03. The Hall–Kier alpha value is -0.240. The monoisotopic (exact) mass is 241 g/mol. The van der Waals surface area contributed by atoms with Crippen LogP contribution in [0.15, 0.2) is 18.2 Å². The molecule has 0 amide bonds. The van der Waals surface area contributed by atoms with E-state index < -0.39 is 0 Å². The molecule has 1 saturated carbocycles. The van der Waals surface area contributed by atoms with E-state index in [9.17, 15) is 0 Å². The molecule has 0 radical (unpaired) electrons. The molecule has 80 valence electrons. The largest absolute Gasteiger partial charge is 0.313 e. The quantitative estimate of drug-likeness (QED) is 0.797. The van der Waals surface area contributed by atoms with Crippen molar-refractivity contribution >= 4 is 23.2 Å². The van der Waals surface area contributed by atoms with Gasteiger partial charge in [-0.05, 0) is 43.5 Å². The lowest BCUT2D eigenvalue weighted by Gasteiger charge is -2.20. The van der Waals surface area contributed by atoms with Gasteiger partial charge in [0.2, 0.25) is 0 Å². The van der Waals surface area contributed by atoms with Crippen LogP contribution in [-0.2, 0) is 5.41 Å². The maximum atomic E-state index is 6.07. The molecule has 1 nitrogen and oxygen atoms in total. The summed E-state index contributed by atoms with van der Waals surface area (Å²) in [5.41, 5.74) is 1.69. The molecule has 2 fully saturated rings. The highest BCUT2D eigenvalue weighted by atomic mass is 35.5. The van der Waals surface area contributed by atoms with E-state index in [0.29, 0.717) is 21.5 Å². The molecule has 1 aromatic rings. The van der Waals surface area contributed by atoms with Crippen molar-refractivity contribution in [2.24, 2.45) is 5.92 Å². The molecule has 3 atom stereocenters. The zero-order valence-electron chi connectivity index (χ0n) is 8.56. The van der Waals surface area contributed by atoms with Crippen LogP contribution in [0.4, 0.5) is 0 Å². The van der Waals surface area contributed by atoms with Gasteiger partial charge in [0.25, 0.3) is 0 Å². The maximum absolute atomic E-state index is 6.07. The number of fused-ring (bicyclic) bond motifs is 1. The first-order valence-corrected chi connectivity index (χ1v) is 6.09. The molecule has 3 rings (SSSR count). The van der Waals surface area contributed by atoms with E-state index in [1.807, 2.05) is 12.1 Å². The molecular formula is C12H13Cl2N. The zero-order chi connectivity index (χ0) is 10.6. The minimum atomic E-state index is 0.341. The van der Waals surface area contributed by atoms with Crippen LogP contribution in [0.3, 0.4) is 0 Å². The summed E-state index contributed by atoms with van der Waals surface area (Å²) in [5, 5.41) is 4.84. The maximum Gasteiger partial charge on any atom is 0.0595 e. The van der Waals surface area contributed by atoms with Crippen molar-refractivity contribution in [2.75, 3.05) is 6.54 Å². The van der Waals surface area contributed by atoms with Gasteiger partial charge < -0.3 is 5.32 Å². The number of halogens is 2. The fourth-order valence-corrected chi connectivity index (χ4v) is 3.32. The number of rotatable bonds is 1. The third-order valence-electron chi connectivity index (χ3n) is 4.05. The Morgan fingerprint density at radius 2 is 2.13 bits per heavy atom. The number of hydrogen-bond donors (Lipinski definition) is 1. The van der Waals surface area contributed by atoms with Gasteiger partial charge in [-0.1, -0.05) is 29.3 Å². The first kappa shape index (κ1) is 9.95. The van der Waals surface area contributed by atoms with Crippen molar-refractivity contribution in [2.45, 2.75) is 24.8 Å². The van der Waals surface area contributed by atoms with Crippen LogP contribution in [-0.4, -0.2) is 12.6 Å². The molecule has 1 saturated heterocycles. The molecule has 2 aliphatic rings. The highest BCUT2D eigenvalue weighted by molar-refractivity contribution is 6.42. The van der Waals surface area contributed by atoms with Crippen molar-refractivity contribution in [3.8, 4) is 0 Å². The Kier molecular flexibility index (Phi) is 2.08. The number of benzene rings is 1. The lowest BCUT2D eigenvalue weighted by molar-refractivity contribution is 0.520. The molecule has 1 aliphatic carbocycles. The molecule has 15 heavy (non-hydrogen) atoms. The molecule has 1 aromatic carbocycles. The van der Waals surface area contributed by atoms with Gasteiger partial charge in [0, 0.05) is 11.5 Å². The van der Waals surface area contributed by atoms with E-state index in [1.165, 1.54) is 12.0 Å². The standard InChI is InChI=1S/C12H13Cl2N/c1-7-12(5-9(12)6-15-7)8-2-3-10(13)11(14)4-8/h2-4,7,9,15H,5-6H2,1H3/t7-,9?,12-/m0/s1.